The van der Waals surface area contributed by atoms with Crippen molar-refractivity contribution in [1.29, 1.82) is 0 Å². The SMILES string of the molecule is COc1ccc(C(=O)NCC2CN=C(c3ccccc3F)c3ccccc3N2C)cc1.Cl. The number of methoxy groups -OCH3 is 1. The van der Waals surface area contributed by atoms with Crippen LogP contribution in [0.1, 0.15) is 21.5 Å². The lowest BCUT2D eigenvalue weighted by molar-refractivity contribution is 0.0951. The van der Waals surface area contributed by atoms with Gasteiger partial charge in [-0.3, -0.25) is 9.79 Å². The van der Waals surface area contributed by atoms with E-state index in [2.05, 4.69) is 10.2 Å². The zero-order chi connectivity index (χ0) is 21.8. The number of carbonyl (C=O) groups excluding carboxylic acids is 1. The van der Waals surface area contributed by atoms with Crippen molar-refractivity contribution in [2.24, 2.45) is 4.99 Å². The van der Waals surface area contributed by atoms with Gasteiger partial charge < -0.3 is 15.0 Å². The Morgan fingerprint density at radius 1 is 1.06 bits per heavy atom. The first kappa shape index (κ1) is 23.3. The minimum Gasteiger partial charge on any atom is -0.497 e. The summed E-state index contributed by atoms with van der Waals surface area (Å²) >= 11 is 0. The molecule has 1 heterocycles. The van der Waals surface area contributed by atoms with Crippen molar-refractivity contribution in [3.63, 3.8) is 0 Å². The summed E-state index contributed by atoms with van der Waals surface area (Å²) < 4.78 is 19.7. The third kappa shape index (κ3) is 4.75. The number of carbonyl (C=O) groups is 1. The summed E-state index contributed by atoms with van der Waals surface area (Å²) in [5.41, 5.74) is 3.49. The van der Waals surface area contributed by atoms with Crippen molar-refractivity contribution < 1.29 is 13.9 Å². The minimum absolute atomic E-state index is 0. The van der Waals surface area contributed by atoms with Crippen LogP contribution in [-0.2, 0) is 0 Å². The summed E-state index contributed by atoms with van der Waals surface area (Å²) in [5, 5.41) is 3.00. The molecule has 0 fully saturated rings. The molecular weight excluding hydrogens is 429 g/mol. The molecule has 1 atom stereocenters. The number of aliphatic imine (C=N–C) groups is 1. The van der Waals surface area contributed by atoms with E-state index in [-0.39, 0.29) is 30.2 Å². The van der Waals surface area contributed by atoms with Crippen molar-refractivity contribution in [2.75, 3.05) is 32.1 Å². The van der Waals surface area contributed by atoms with Crippen LogP contribution in [0.5, 0.6) is 5.75 Å². The number of nitrogens with one attached hydrogen (secondary N) is 1. The number of fused-ring (bicyclic) bond motifs is 1. The Hall–Kier alpha value is -3.38. The number of benzodiazepines with no additional fused rings is 1. The van der Waals surface area contributed by atoms with E-state index in [1.54, 1.807) is 43.5 Å². The minimum atomic E-state index is -0.301. The van der Waals surface area contributed by atoms with Crippen LogP contribution in [0.15, 0.2) is 77.8 Å². The van der Waals surface area contributed by atoms with Gasteiger partial charge in [0.15, 0.2) is 0 Å². The highest BCUT2D eigenvalue weighted by molar-refractivity contribution is 6.16. The zero-order valence-electron chi connectivity index (χ0n) is 17.9. The molecule has 0 radical (unpaired) electrons. The second-order valence-electron chi connectivity index (χ2n) is 7.39. The summed E-state index contributed by atoms with van der Waals surface area (Å²) in [6.07, 6.45) is 0. The lowest BCUT2D eigenvalue weighted by Crippen LogP contribution is -2.43. The van der Waals surface area contributed by atoms with Gasteiger partial charge in [-0.15, -0.1) is 12.4 Å². The normalized spacial score (nSPS) is 15.0. The molecule has 32 heavy (non-hydrogen) atoms. The highest BCUT2D eigenvalue weighted by Gasteiger charge is 2.25. The number of ether oxygens (including phenoxy) is 1. The second-order valence-corrected chi connectivity index (χ2v) is 7.39. The quantitative estimate of drug-likeness (QED) is 0.625. The first-order valence-electron chi connectivity index (χ1n) is 10.1. The van der Waals surface area contributed by atoms with Gasteiger partial charge in [-0.2, -0.15) is 0 Å². The fraction of sp³-hybridized carbons (Fsp3) is 0.200. The van der Waals surface area contributed by atoms with E-state index in [1.807, 2.05) is 37.4 Å². The van der Waals surface area contributed by atoms with Gasteiger partial charge in [-0.25, -0.2) is 4.39 Å². The Morgan fingerprint density at radius 3 is 2.41 bits per heavy atom. The number of para-hydroxylation sites is 1. The number of halogens is 2. The number of hydrogen-bond donors (Lipinski definition) is 1. The first-order chi connectivity index (χ1) is 15.1. The molecule has 3 aromatic carbocycles. The topological polar surface area (TPSA) is 53.9 Å². The lowest BCUT2D eigenvalue weighted by Gasteiger charge is -2.28. The summed E-state index contributed by atoms with van der Waals surface area (Å²) in [6.45, 7) is 0.835. The molecule has 1 aliphatic heterocycles. The van der Waals surface area contributed by atoms with Crippen molar-refractivity contribution >= 4 is 29.7 Å². The number of amides is 1. The van der Waals surface area contributed by atoms with Crippen LogP contribution in [0.2, 0.25) is 0 Å². The van der Waals surface area contributed by atoms with Crippen LogP contribution < -0.4 is 15.0 Å². The van der Waals surface area contributed by atoms with Crippen LogP contribution in [0, 0.1) is 5.82 Å². The summed E-state index contributed by atoms with van der Waals surface area (Å²) in [6, 6.07) is 21.4. The van der Waals surface area contributed by atoms with Crippen LogP contribution in [0.25, 0.3) is 0 Å². The van der Waals surface area contributed by atoms with E-state index in [0.717, 1.165) is 11.3 Å². The Kier molecular flexibility index (Phi) is 7.49. The molecule has 5 nitrogen and oxygen atoms in total. The average molecular weight is 454 g/mol. The molecule has 0 aliphatic carbocycles. The Bertz CT molecular complexity index is 1120. The highest BCUT2D eigenvalue weighted by Crippen LogP contribution is 2.28. The summed E-state index contributed by atoms with van der Waals surface area (Å²) in [7, 11) is 3.56. The Balaban J connectivity index is 0.00000289. The monoisotopic (exact) mass is 453 g/mol. The maximum Gasteiger partial charge on any atom is 0.251 e. The van der Waals surface area contributed by atoms with E-state index in [0.29, 0.717) is 35.7 Å². The molecule has 0 bridgehead atoms. The third-order valence-electron chi connectivity index (χ3n) is 5.53. The van der Waals surface area contributed by atoms with Crippen molar-refractivity contribution in [1.82, 2.24) is 5.32 Å². The van der Waals surface area contributed by atoms with Gasteiger partial charge in [0.1, 0.15) is 11.6 Å². The Morgan fingerprint density at radius 2 is 1.72 bits per heavy atom. The van der Waals surface area contributed by atoms with E-state index in [9.17, 15) is 9.18 Å². The molecule has 7 heteroatoms. The van der Waals surface area contributed by atoms with Crippen molar-refractivity contribution in [3.05, 3.63) is 95.3 Å². The van der Waals surface area contributed by atoms with E-state index in [4.69, 9.17) is 9.73 Å². The van der Waals surface area contributed by atoms with E-state index in [1.165, 1.54) is 6.07 Å². The molecule has 1 unspecified atom stereocenters. The molecule has 1 amide bonds. The molecular formula is C25H25ClFN3O2. The van der Waals surface area contributed by atoms with Gasteiger partial charge in [0, 0.05) is 36.0 Å². The van der Waals surface area contributed by atoms with E-state index >= 15 is 0 Å². The number of hydrogen-bond acceptors (Lipinski definition) is 4. The van der Waals surface area contributed by atoms with Crippen LogP contribution in [0.3, 0.4) is 0 Å². The van der Waals surface area contributed by atoms with Gasteiger partial charge in [0.05, 0.1) is 25.4 Å². The number of likely N-dealkylation sites (N-methyl/N-ethyl adjacent to an activating group) is 1. The number of benzene rings is 3. The molecule has 166 valence electrons. The van der Waals surface area contributed by atoms with Crippen molar-refractivity contribution in [2.45, 2.75) is 6.04 Å². The predicted molar refractivity (Wildman–Crippen MR) is 128 cm³/mol. The van der Waals surface area contributed by atoms with Gasteiger partial charge >= 0.3 is 0 Å². The Labute approximate surface area is 193 Å². The number of nitrogens with zero attached hydrogens (tertiary/aromatic N) is 2. The predicted octanol–water partition coefficient (Wildman–Crippen LogP) is 4.34. The van der Waals surface area contributed by atoms with Gasteiger partial charge in [-0.05, 0) is 42.5 Å². The maximum absolute atomic E-state index is 14.5. The molecule has 0 spiro atoms. The fourth-order valence-electron chi connectivity index (χ4n) is 3.72. The third-order valence-corrected chi connectivity index (χ3v) is 5.53. The van der Waals surface area contributed by atoms with Crippen LogP contribution >= 0.6 is 12.4 Å². The molecule has 1 N–H and O–H groups in total. The summed E-state index contributed by atoms with van der Waals surface area (Å²) in [5.74, 6) is 0.239. The van der Waals surface area contributed by atoms with Crippen LogP contribution in [0.4, 0.5) is 10.1 Å². The van der Waals surface area contributed by atoms with Gasteiger partial charge in [0.2, 0.25) is 0 Å². The molecule has 0 saturated heterocycles. The zero-order valence-corrected chi connectivity index (χ0v) is 18.7. The molecule has 0 saturated carbocycles. The highest BCUT2D eigenvalue weighted by atomic mass is 35.5. The lowest BCUT2D eigenvalue weighted by atomic mass is 10.00. The van der Waals surface area contributed by atoms with Gasteiger partial charge in [-0.1, -0.05) is 30.3 Å². The molecule has 4 rings (SSSR count). The van der Waals surface area contributed by atoms with Crippen LogP contribution in [-0.4, -0.2) is 44.9 Å². The molecule has 0 aromatic heterocycles. The maximum atomic E-state index is 14.5. The van der Waals surface area contributed by atoms with E-state index < -0.39 is 0 Å². The van der Waals surface area contributed by atoms with Crippen molar-refractivity contribution in [3.8, 4) is 5.75 Å². The fourth-order valence-corrected chi connectivity index (χ4v) is 3.72. The molecule has 1 aliphatic rings. The molecule has 3 aromatic rings. The smallest absolute Gasteiger partial charge is 0.251 e. The summed E-state index contributed by atoms with van der Waals surface area (Å²) in [4.78, 5) is 19.5. The largest absolute Gasteiger partial charge is 0.497 e. The number of anilines is 1. The van der Waals surface area contributed by atoms with Gasteiger partial charge in [0.25, 0.3) is 5.91 Å². The average Bonchev–Trinajstić information content (AvgIpc) is 2.95. The second kappa shape index (κ2) is 10.3. The number of rotatable bonds is 5. The standard InChI is InChI=1S/C25H24FN3O2.ClH/c1-29-18(16-28-25(30)17-11-13-19(31-2)14-12-17)15-27-24(20-7-3-5-9-22(20)26)21-8-4-6-10-23(21)29;/h3-14,18H,15-16H2,1-2H3,(H,28,30);1H. The first-order valence-corrected chi connectivity index (χ1v) is 10.1.